The molecule has 0 bridgehead atoms. The zero-order valence-corrected chi connectivity index (χ0v) is 13.8. The Bertz CT molecular complexity index is 902. The minimum Gasteiger partial charge on any atom is -0.287 e. The predicted molar refractivity (Wildman–Crippen MR) is 100 cm³/mol. The number of hydrogen-bond acceptors (Lipinski definition) is 4. The molecule has 3 rings (SSSR count). The van der Waals surface area contributed by atoms with E-state index in [9.17, 15) is 4.79 Å². The standard InChI is InChI=1S/C21H17N3O/c1-16(17-12-14-22-15-13-17)23-24-20(18-8-4-2-5-9-18)21(25)19-10-6-3-7-11-19/h2-15H,1H3/b23-16-,24-20-. The van der Waals surface area contributed by atoms with E-state index in [4.69, 9.17) is 0 Å². The molecule has 0 aliphatic rings. The second kappa shape index (κ2) is 7.93. The second-order valence-corrected chi connectivity index (χ2v) is 5.43. The summed E-state index contributed by atoms with van der Waals surface area (Å²) in [4.78, 5) is 16.9. The first kappa shape index (κ1) is 16.5. The Balaban J connectivity index is 2.01. The van der Waals surface area contributed by atoms with Crippen LogP contribution in [0.5, 0.6) is 0 Å². The van der Waals surface area contributed by atoms with Gasteiger partial charge in [-0.1, -0.05) is 60.7 Å². The number of nitrogens with zero attached hydrogens (tertiary/aromatic N) is 3. The van der Waals surface area contributed by atoms with E-state index in [-0.39, 0.29) is 5.78 Å². The van der Waals surface area contributed by atoms with Crippen molar-refractivity contribution in [3.63, 3.8) is 0 Å². The highest BCUT2D eigenvalue weighted by molar-refractivity contribution is 6.51. The SMILES string of the molecule is C/C(=N/N=C(\C(=O)c1ccccc1)c1ccccc1)c1ccncc1. The van der Waals surface area contributed by atoms with Crippen LogP contribution in [-0.2, 0) is 0 Å². The number of carbonyl (C=O) groups excluding carboxylic acids is 1. The zero-order valence-electron chi connectivity index (χ0n) is 13.8. The molecule has 3 aromatic rings. The molecule has 4 nitrogen and oxygen atoms in total. The van der Waals surface area contributed by atoms with E-state index in [1.165, 1.54) is 0 Å². The highest BCUT2D eigenvalue weighted by atomic mass is 16.1. The third-order valence-electron chi connectivity index (χ3n) is 3.70. The molecule has 4 heteroatoms. The van der Waals surface area contributed by atoms with Crippen LogP contribution in [0, 0.1) is 0 Å². The molecule has 0 aliphatic heterocycles. The van der Waals surface area contributed by atoms with Crippen molar-refractivity contribution in [3.05, 3.63) is 102 Å². The lowest BCUT2D eigenvalue weighted by Crippen LogP contribution is -2.15. The first-order chi connectivity index (χ1) is 12.3. The van der Waals surface area contributed by atoms with Crippen LogP contribution in [-0.4, -0.2) is 22.2 Å². The maximum atomic E-state index is 12.9. The minimum absolute atomic E-state index is 0.155. The first-order valence-corrected chi connectivity index (χ1v) is 7.93. The summed E-state index contributed by atoms with van der Waals surface area (Å²) < 4.78 is 0. The number of hydrogen-bond donors (Lipinski definition) is 0. The lowest BCUT2D eigenvalue weighted by atomic mass is 10.0. The van der Waals surface area contributed by atoms with Crippen LogP contribution >= 0.6 is 0 Å². The van der Waals surface area contributed by atoms with Gasteiger partial charge in [0.1, 0.15) is 5.71 Å². The summed E-state index contributed by atoms with van der Waals surface area (Å²) in [6.07, 6.45) is 3.40. The maximum Gasteiger partial charge on any atom is 0.213 e. The summed E-state index contributed by atoms with van der Waals surface area (Å²) in [6, 6.07) is 22.2. The Hall–Kier alpha value is -3.40. The largest absolute Gasteiger partial charge is 0.287 e. The number of carbonyl (C=O) groups is 1. The van der Waals surface area contributed by atoms with Crippen LogP contribution in [0.15, 0.2) is 95.4 Å². The van der Waals surface area contributed by atoms with Crippen LogP contribution in [0.2, 0.25) is 0 Å². The van der Waals surface area contributed by atoms with Crippen molar-refractivity contribution in [2.45, 2.75) is 6.92 Å². The molecular weight excluding hydrogens is 310 g/mol. The third-order valence-corrected chi connectivity index (χ3v) is 3.70. The fraction of sp³-hybridized carbons (Fsp3) is 0.0476. The van der Waals surface area contributed by atoms with Crippen LogP contribution < -0.4 is 0 Å². The Labute approximate surface area is 146 Å². The molecule has 0 spiro atoms. The van der Waals surface area contributed by atoms with Crippen molar-refractivity contribution in [2.75, 3.05) is 0 Å². The van der Waals surface area contributed by atoms with Gasteiger partial charge >= 0.3 is 0 Å². The highest BCUT2D eigenvalue weighted by Crippen LogP contribution is 2.10. The van der Waals surface area contributed by atoms with Gasteiger partial charge in [0.05, 0.1) is 5.71 Å². The fourth-order valence-electron chi connectivity index (χ4n) is 2.33. The van der Waals surface area contributed by atoms with E-state index >= 15 is 0 Å². The van der Waals surface area contributed by atoms with Gasteiger partial charge in [0.2, 0.25) is 5.78 Å². The summed E-state index contributed by atoms with van der Waals surface area (Å²) in [6.45, 7) is 1.86. The van der Waals surface area contributed by atoms with E-state index in [1.807, 2.05) is 67.6 Å². The predicted octanol–water partition coefficient (Wildman–Crippen LogP) is 4.18. The molecule has 0 fully saturated rings. The maximum absolute atomic E-state index is 12.9. The molecule has 0 amide bonds. The number of pyridine rings is 1. The Morgan fingerprint density at radius 3 is 1.88 bits per heavy atom. The van der Waals surface area contributed by atoms with E-state index < -0.39 is 0 Å². The molecule has 1 aromatic heterocycles. The van der Waals surface area contributed by atoms with Gasteiger partial charge in [-0.15, -0.1) is 5.10 Å². The van der Waals surface area contributed by atoms with E-state index in [0.717, 1.165) is 16.8 Å². The van der Waals surface area contributed by atoms with E-state index in [2.05, 4.69) is 15.2 Å². The van der Waals surface area contributed by atoms with E-state index in [0.29, 0.717) is 11.3 Å². The molecule has 0 N–H and O–H groups in total. The number of ketones is 1. The molecule has 25 heavy (non-hydrogen) atoms. The summed E-state index contributed by atoms with van der Waals surface area (Å²) >= 11 is 0. The van der Waals surface area contributed by atoms with Gasteiger partial charge in [-0.2, -0.15) is 5.10 Å². The first-order valence-electron chi connectivity index (χ1n) is 7.93. The topological polar surface area (TPSA) is 54.7 Å². The van der Waals surface area contributed by atoms with Gasteiger partial charge in [-0.05, 0) is 19.1 Å². The van der Waals surface area contributed by atoms with Gasteiger partial charge in [0.25, 0.3) is 0 Å². The van der Waals surface area contributed by atoms with Gasteiger partial charge in [-0.3, -0.25) is 9.78 Å². The number of Topliss-reactive ketones (excluding diaryl/α,β-unsaturated/α-hetero) is 1. The zero-order chi connectivity index (χ0) is 17.5. The lowest BCUT2D eigenvalue weighted by molar-refractivity contribution is 0.106. The Morgan fingerprint density at radius 2 is 1.28 bits per heavy atom. The molecule has 0 unspecified atom stereocenters. The van der Waals surface area contributed by atoms with Crippen molar-refractivity contribution >= 4 is 17.2 Å². The molecular formula is C21H17N3O. The Morgan fingerprint density at radius 1 is 0.720 bits per heavy atom. The smallest absolute Gasteiger partial charge is 0.213 e. The quantitative estimate of drug-likeness (QED) is 0.401. The average Bonchev–Trinajstić information content (AvgIpc) is 2.70. The summed E-state index contributed by atoms with van der Waals surface area (Å²) in [5.74, 6) is -0.155. The van der Waals surface area contributed by atoms with Crippen molar-refractivity contribution < 1.29 is 4.79 Å². The van der Waals surface area contributed by atoms with Gasteiger partial charge in [0, 0.05) is 29.1 Å². The van der Waals surface area contributed by atoms with Gasteiger partial charge < -0.3 is 0 Å². The molecule has 1 heterocycles. The summed E-state index contributed by atoms with van der Waals surface area (Å²) in [7, 11) is 0. The molecule has 0 aliphatic carbocycles. The highest BCUT2D eigenvalue weighted by Gasteiger charge is 2.16. The molecule has 0 atom stereocenters. The molecule has 122 valence electrons. The van der Waals surface area contributed by atoms with Crippen molar-refractivity contribution in [1.29, 1.82) is 0 Å². The number of aromatic nitrogens is 1. The van der Waals surface area contributed by atoms with Crippen LogP contribution in [0.3, 0.4) is 0 Å². The van der Waals surface area contributed by atoms with Crippen LogP contribution in [0.25, 0.3) is 0 Å². The van der Waals surface area contributed by atoms with Crippen molar-refractivity contribution in [2.24, 2.45) is 10.2 Å². The van der Waals surface area contributed by atoms with Crippen molar-refractivity contribution in [3.8, 4) is 0 Å². The fourth-order valence-corrected chi connectivity index (χ4v) is 2.33. The van der Waals surface area contributed by atoms with E-state index in [1.54, 1.807) is 24.5 Å². The van der Waals surface area contributed by atoms with Gasteiger partial charge in [0.15, 0.2) is 0 Å². The van der Waals surface area contributed by atoms with Gasteiger partial charge in [-0.25, -0.2) is 0 Å². The van der Waals surface area contributed by atoms with Crippen LogP contribution in [0.4, 0.5) is 0 Å². The number of benzene rings is 2. The van der Waals surface area contributed by atoms with Crippen molar-refractivity contribution in [1.82, 2.24) is 4.98 Å². The average molecular weight is 327 g/mol. The van der Waals surface area contributed by atoms with Crippen LogP contribution in [0.1, 0.15) is 28.4 Å². The molecule has 2 aromatic carbocycles. The number of rotatable bonds is 5. The normalized spacial score (nSPS) is 12.0. The third kappa shape index (κ3) is 4.12. The summed E-state index contributed by atoms with van der Waals surface area (Å²) in [5.41, 5.74) is 3.28. The lowest BCUT2D eigenvalue weighted by Gasteiger charge is -2.05. The summed E-state index contributed by atoms with van der Waals surface area (Å²) in [5, 5.41) is 8.55. The molecule has 0 radical (unpaired) electrons. The monoisotopic (exact) mass is 327 g/mol. The Kier molecular flexibility index (Phi) is 5.22. The molecule has 0 saturated heterocycles. The minimum atomic E-state index is -0.155. The second-order valence-electron chi connectivity index (χ2n) is 5.43. The molecule has 0 saturated carbocycles.